The molecule has 0 fully saturated rings. The molecule has 0 saturated carbocycles. The summed E-state index contributed by atoms with van der Waals surface area (Å²) in [4.78, 5) is 11.9. The summed E-state index contributed by atoms with van der Waals surface area (Å²) in [5.74, 6) is 0.443. The van der Waals surface area contributed by atoms with E-state index in [0.29, 0.717) is 18.9 Å². The average Bonchev–Trinajstić information content (AvgIpc) is 2.51. The van der Waals surface area contributed by atoms with Crippen molar-refractivity contribution in [2.45, 2.75) is 25.7 Å². The van der Waals surface area contributed by atoms with Gasteiger partial charge in [0, 0.05) is 17.4 Å². The van der Waals surface area contributed by atoms with Crippen LogP contribution in [-0.2, 0) is 11.2 Å². The second-order valence-electron chi connectivity index (χ2n) is 5.25. The van der Waals surface area contributed by atoms with Gasteiger partial charge in [-0.1, -0.05) is 65.3 Å². The van der Waals surface area contributed by atoms with Gasteiger partial charge in [0.05, 0.1) is 0 Å². The van der Waals surface area contributed by atoms with Gasteiger partial charge in [0.15, 0.2) is 0 Å². The van der Waals surface area contributed by atoms with E-state index in [9.17, 15) is 4.79 Å². The van der Waals surface area contributed by atoms with Crippen molar-refractivity contribution in [1.29, 1.82) is 0 Å². The molecule has 0 heterocycles. The first-order chi connectivity index (χ1) is 10.1. The van der Waals surface area contributed by atoms with Crippen molar-refractivity contribution in [2.24, 2.45) is 0 Å². The van der Waals surface area contributed by atoms with Crippen molar-refractivity contribution >= 4 is 21.8 Å². The minimum Gasteiger partial charge on any atom is -0.355 e. The highest BCUT2D eigenvalue weighted by Gasteiger charge is 2.07. The van der Waals surface area contributed by atoms with Crippen LogP contribution < -0.4 is 5.32 Å². The van der Waals surface area contributed by atoms with E-state index in [0.717, 1.165) is 10.9 Å². The van der Waals surface area contributed by atoms with E-state index in [4.69, 9.17) is 0 Å². The standard InChI is InChI=1S/C18H20BrNO/c1-14(16-7-3-2-4-8-16)13-20-18(21)11-10-15-6-5-9-17(19)12-15/h2-9,12,14H,10-11,13H2,1H3,(H,20,21). The molecule has 1 N–H and O–H groups in total. The topological polar surface area (TPSA) is 29.1 Å². The number of carbonyl (C=O) groups is 1. The quantitative estimate of drug-likeness (QED) is 0.830. The molecule has 0 aliphatic heterocycles. The molecule has 21 heavy (non-hydrogen) atoms. The van der Waals surface area contributed by atoms with Crippen LogP contribution in [-0.4, -0.2) is 12.5 Å². The van der Waals surface area contributed by atoms with E-state index in [2.05, 4.69) is 46.4 Å². The molecule has 2 nitrogen and oxygen atoms in total. The summed E-state index contributed by atoms with van der Waals surface area (Å²) >= 11 is 3.44. The van der Waals surface area contributed by atoms with Crippen molar-refractivity contribution in [3.63, 3.8) is 0 Å². The molecule has 0 aliphatic rings. The Labute approximate surface area is 134 Å². The lowest BCUT2D eigenvalue weighted by atomic mass is 10.0. The molecule has 2 rings (SSSR count). The van der Waals surface area contributed by atoms with Gasteiger partial charge in [0.2, 0.25) is 5.91 Å². The first kappa shape index (κ1) is 15.8. The van der Waals surface area contributed by atoms with Gasteiger partial charge in [-0.2, -0.15) is 0 Å². The van der Waals surface area contributed by atoms with Gasteiger partial charge in [-0.15, -0.1) is 0 Å². The van der Waals surface area contributed by atoms with E-state index in [1.807, 2.05) is 36.4 Å². The predicted molar refractivity (Wildman–Crippen MR) is 90.3 cm³/mol. The molecule has 0 spiro atoms. The zero-order valence-electron chi connectivity index (χ0n) is 12.2. The molecular weight excluding hydrogens is 326 g/mol. The molecule has 2 aromatic rings. The summed E-state index contributed by atoms with van der Waals surface area (Å²) < 4.78 is 1.05. The Bertz CT molecular complexity index is 583. The number of nitrogens with one attached hydrogen (secondary N) is 1. The van der Waals surface area contributed by atoms with Gasteiger partial charge in [-0.25, -0.2) is 0 Å². The highest BCUT2D eigenvalue weighted by Crippen LogP contribution is 2.14. The van der Waals surface area contributed by atoms with E-state index in [1.165, 1.54) is 11.1 Å². The summed E-state index contributed by atoms with van der Waals surface area (Å²) in [6.45, 7) is 2.81. The Morgan fingerprint density at radius 1 is 1.14 bits per heavy atom. The van der Waals surface area contributed by atoms with Crippen LogP contribution in [0.5, 0.6) is 0 Å². The molecular formula is C18H20BrNO. The third-order valence-electron chi connectivity index (χ3n) is 3.50. The summed E-state index contributed by atoms with van der Waals surface area (Å²) in [5.41, 5.74) is 2.43. The summed E-state index contributed by atoms with van der Waals surface area (Å²) in [6, 6.07) is 18.3. The van der Waals surface area contributed by atoms with E-state index in [-0.39, 0.29) is 5.91 Å². The number of rotatable bonds is 6. The van der Waals surface area contributed by atoms with Crippen molar-refractivity contribution in [3.05, 3.63) is 70.2 Å². The highest BCUT2D eigenvalue weighted by atomic mass is 79.9. The summed E-state index contributed by atoms with van der Waals surface area (Å²) in [5, 5.41) is 3.02. The van der Waals surface area contributed by atoms with Gasteiger partial charge in [-0.3, -0.25) is 4.79 Å². The molecule has 0 aliphatic carbocycles. The molecule has 0 aromatic heterocycles. The number of aryl methyl sites for hydroxylation is 1. The fourth-order valence-electron chi connectivity index (χ4n) is 2.21. The van der Waals surface area contributed by atoms with Crippen LogP contribution >= 0.6 is 15.9 Å². The third-order valence-corrected chi connectivity index (χ3v) is 4.00. The largest absolute Gasteiger partial charge is 0.355 e. The molecule has 110 valence electrons. The lowest BCUT2D eigenvalue weighted by Crippen LogP contribution is -2.27. The molecule has 2 aromatic carbocycles. The lowest BCUT2D eigenvalue weighted by Gasteiger charge is -2.13. The van der Waals surface area contributed by atoms with Crippen molar-refractivity contribution < 1.29 is 4.79 Å². The van der Waals surface area contributed by atoms with E-state index >= 15 is 0 Å². The van der Waals surface area contributed by atoms with Crippen molar-refractivity contribution in [1.82, 2.24) is 5.32 Å². The molecule has 0 saturated heterocycles. The molecule has 1 atom stereocenters. The Morgan fingerprint density at radius 2 is 1.90 bits per heavy atom. The Kier molecular flexibility index (Phi) is 6.00. The monoisotopic (exact) mass is 345 g/mol. The molecule has 0 radical (unpaired) electrons. The molecule has 1 amide bonds. The summed E-state index contributed by atoms with van der Waals surface area (Å²) in [7, 11) is 0. The van der Waals surface area contributed by atoms with Gasteiger partial charge >= 0.3 is 0 Å². The fraction of sp³-hybridized carbons (Fsp3) is 0.278. The number of amides is 1. The van der Waals surface area contributed by atoms with E-state index < -0.39 is 0 Å². The maximum absolute atomic E-state index is 11.9. The maximum atomic E-state index is 11.9. The van der Waals surface area contributed by atoms with Gasteiger partial charge in [0.25, 0.3) is 0 Å². The maximum Gasteiger partial charge on any atom is 0.220 e. The van der Waals surface area contributed by atoms with Crippen LogP contribution in [0.2, 0.25) is 0 Å². The number of benzene rings is 2. The SMILES string of the molecule is CC(CNC(=O)CCc1cccc(Br)c1)c1ccccc1. The van der Waals surface area contributed by atoms with Crippen LogP contribution in [0.1, 0.15) is 30.4 Å². The van der Waals surface area contributed by atoms with Crippen LogP contribution in [0.15, 0.2) is 59.1 Å². The highest BCUT2D eigenvalue weighted by molar-refractivity contribution is 9.10. The molecule has 0 bridgehead atoms. The minimum atomic E-state index is 0.109. The van der Waals surface area contributed by atoms with Crippen LogP contribution in [0, 0.1) is 0 Å². The average molecular weight is 346 g/mol. The van der Waals surface area contributed by atoms with Gasteiger partial charge in [0.1, 0.15) is 0 Å². The summed E-state index contributed by atoms with van der Waals surface area (Å²) in [6.07, 6.45) is 1.29. The van der Waals surface area contributed by atoms with Crippen molar-refractivity contribution in [2.75, 3.05) is 6.54 Å². The van der Waals surface area contributed by atoms with Crippen molar-refractivity contribution in [3.8, 4) is 0 Å². The Morgan fingerprint density at radius 3 is 2.62 bits per heavy atom. The van der Waals surface area contributed by atoms with Crippen LogP contribution in [0.25, 0.3) is 0 Å². The second-order valence-corrected chi connectivity index (χ2v) is 6.16. The fourth-order valence-corrected chi connectivity index (χ4v) is 2.65. The first-order valence-corrected chi connectivity index (χ1v) is 8.00. The van der Waals surface area contributed by atoms with Gasteiger partial charge in [-0.05, 0) is 35.6 Å². The smallest absolute Gasteiger partial charge is 0.220 e. The van der Waals surface area contributed by atoms with Crippen LogP contribution in [0.4, 0.5) is 0 Å². The Hall–Kier alpha value is -1.61. The second kappa shape index (κ2) is 7.99. The number of carbonyl (C=O) groups excluding carboxylic acids is 1. The zero-order valence-corrected chi connectivity index (χ0v) is 13.8. The zero-order chi connectivity index (χ0) is 15.1. The minimum absolute atomic E-state index is 0.109. The van der Waals surface area contributed by atoms with E-state index in [1.54, 1.807) is 0 Å². The normalized spacial score (nSPS) is 11.9. The Balaban J connectivity index is 1.75. The number of hydrogen-bond acceptors (Lipinski definition) is 1. The third kappa shape index (κ3) is 5.35. The predicted octanol–water partition coefficient (Wildman–Crippen LogP) is 4.30. The molecule has 1 unspecified atom stereocenters. The number of halogens is 1. The first-order valence-electron chi connectivity index (χ1n) is 7.21. The number of hydrogen-bond donors (Lipinski definition) is 1. The van der Waals surface area contributed by atoms with Gasteiger partial charge < -0.3 is 5.32 Å². The lowest BCUT2D eigenvalue weighted by molar-refractivity contribution is -0.121. The van der Waals surface area contributed by atoms with Crippen LogP contribution in [0.3, 0.4) is 0 Å². The molecule has 3 heteroatoms.